The predicted octanol–water partition coefficient (Wildman–Crippen LogP) is 6.02. The lowest BCUT2D eigenvalue weighted by molar-refractivity contribution is 0.0269. The van der Waals surface area contributed by atoms with Crippen LogP contribution in [0.3, 0.4) is 0 Å². The Morgan fingerprint density at radius 1 is 0.750 bits per heavy atom. The summed E-state index contributed by atoms with van der Waals surface area (Å²) < 4.78 is 19.1. The molecule has 0 aromatic heterocycles. The van der Waals surface area contributed by atoms with Crippen LogP contribution in [-0.4, -0.2) is 58.5 Å². The summed E-state index contributed by atoms with van der Waals surface area (Å²) in [5, 5.41) is 0.210. The van der Waals surface area contributed by atoms with Gasteiger partial charge in [0, 0.05) is 0 Å². The van der Waals surface area contributed by atoms with Crippen molar-refractivity contribution < 1.29 is 18.4 Å². The quantitative estimate of drug-likeness (QED) is 0.511. The Hall–Kier alpha value is -0.376. The molecule has 0 aromatic carbocycles. The summed E-state index contributed by atoms with van der Waals surface area (Å²) in [6, 6.07) is 0. The van der Waals surface area contributed by atoms with Gasteiger partial charge in [0.25, 0.3) is 0 Å². The Kier molecular flexibility index (Phi) is 7.37. The molecule has 0 saturated carbocycles. The van der Waals surface area contributed by atoms with Crippen LogP contribution in [0, 0.1) is 0 Å². The fraction of sp³-hybridized carbons (Fsp3) is 0.952. The molecule has 1 heterocycles. The van der Waals surface area contributed by atoms with Crippen LogP contribution in [-0.2, 0) is 13.6 Å². The molecule has 28 heavy (non-hydrogen) atoms. The molecule has 1 amide bonds. The minimum atomic E-state index is -1.99. The van der Waals surface area contributed by atoms with Crippen LogP contribution >= 0.6 is 0 Å². The van der Waals surface area contributed by atoms with Crippen molar-refractivity contribution >= 4 is 22.7 Å². The second-order valence-electron chi connectivity index (χ2n) is 12.2. The molecule has 166 valence electrons. The van der Waals surface area contributed by atoms with Gasteiger partial charge in [0.1, 0.15) is 5.60 Å². The minimum Gasteiger partial charge on any atom is -0.444 e. The van der Waals surface area contributed by atoms with Crippen LogP contribution < -0.4 is 0 Å². The lowest BCUT2D eigenvalue weighted by Crippen LogP contribution is -2.51. The van der Waals surface area contributed by atoms with Crippen LogP contribution in [0.4, 0.5) is 4.79 Å². The van der Waals surface area contributed by atoms with Crippen LogP contribution in [0.15, 0.2) is 0 Å². The van der Waals surface area contributed by atoms with E-state index in [1.807, 2.05) is 20.8 Å². The Balaban J connectivity index is 3.08. The van der Waals surface area contributed by atoms with E-state index in [4.69, 9.17) is 13.6 Å². The highest BCUT2D eigenvalue weighted by Gasteiger charge is 2.48. The van der Waals surface area contributed by atoms with Crippen molar-refractivity contribution in [2.24, 2.45) is 0 Å². The normalized spacial score (nSPS) is 22.5. The molecule has 0 bridgehead atoms. The SMILES string of the molecule is CC(C)(C)OC(=O)N1C[C@H](O[Si](C)(C)C(C)(C)C)[C@@H](O[Si](C)(C)C(C)(C)C)C1. The number of likely N-dealkylation sites (tertiary alicyclic amines) is 1. The number of amides is 1. The second kappa shape index (κ2) is 8.04. The number of hydrogen-bond acceptors (Lipinski definition) is 4. The first-order chi connectivity index (χ1) is 12.2. The van der Waals surface area contributed by atoms with E-state index in [0.29, 0.717) is 13.1 Å². The summed E-state index contributed by atoms with van der Waals surface area (Å²) in [5.74, 6) is 0. The van der Waals surface area contributed by atoms with E-state index in [2.05, 4.69) is 67.7 Å². The molecule has 7 heteroatoms. The van der Waals surface area contributed by atoms with E-state index in [1.165, 1.54) is 0 Å². The third-order valence-corrected chi connectivity index (χ3v) is 15.4. The molecule has 1 rings (SSSR count). The summed E-state index contributed by atoms with van der Waals surface area (Å²) in [4.78, 5) is 14.5. The lowest BCUT2D eigenvalue weighted by atomic mass is 10.2. The summed E-state index contributed by atoms with van der Waals surface area (Å²) in [7, 11) is -3.98. The summed E-state index contributed by atoms with van der Waals surface area (Å²) in [6.45, 7) is 29.2. The molecule has 0 N–H and O–H groups in total. The van der Waals surface area contributed by atoms with Gasteiger partial charge in [0.15, 0.2) is 16.6 Å². The first kappa shape index (κ1) is 25.7. The zero-order chi connectivity index (χ0) is 22.3. The van der Waals surface area contributed by atoms with E-state index in [9.17, 15) is 4.79 Å². The molecular formula is C21H45NO4Si2. The maximum Gasteiger partial charge on any atom is 0.410 e. The van der Waals surface area contributed by atoms with Gasteiger partial charge in [-0.2, -0.15) is 0 Å². The van der Waals surface area contributed by atoms with Gasteiger partial charge in [0.2, 0.25) is 0 Å². The van der Waals surface area contributed by atoms with Crippen molar-refractivity contribution in [2.45, 2.75) is 116 Å². The molecule has 0 spiro atoms. The van der Waals surface area contributed by atoms with Crippen LogP contribution in [0.5, 0.6) is 0 Å². The fourth-order valence-corrected chi connectivity index (χ4v) is 5.23. The van der Waals surface area contributed by atoms with Gasteiger partial charge in [0.05, 0.1) is 25.3 Å². The Bertz CT molecular complexity index is 520. The number of hydrogen-bond donors (Lipinski definition) is 0. The van der Waals surface area contributed by atoms with Gasteiger partial charge < -0.3 is 18.5 Å². The molecule has 1 fully saturated rings. The summed E-state index contributed by atoms with van der Waals surface area (Å²) in [6.07, 6.45) is -0.497. The number of nitrogens with zero attached hydrogens (tertiary/aromatic N) is 1. The van der Waals surface area contributed by atoms with Crippen LogP contribution in [0.2, 0.25) is 36.3 Å². The monoisotopic (exact) mass is 431 g/mol. The third kappa shape index (κ3) is 6.57. The molecular weight excluding hydrogens is 386 g/mol. The highest BCUT2D eigenvalue weighted by Crippen LogP contribution is 2.41. The third-order valence-electron chi connectivity index (χ3n) is 6.37. The summed E-state index contributed by atoms with van der Waals surface area (Å²) >= 11 is 0. The molecule has 1 aliphatic rings. The number of carbonyl (C=O) groups is 1. The first-order valence-electron chi connectivity index (χ1n) is 10.5. The molecule has 0 radical (unpaired) electrons. The number of carbonyl (C=O) groups excluding carboxylic acids is 1. The zero-order valence-corrected chi connectivity index (χ0v) is 22.6. The second-order valence-corrected chi connectivity index (χ2v) is 21.7. The van der Waals surface area contributed by atoms with E-state index < -0.39 is 22.2 Å². The predicted molar refractivity (Wildman–Crippen MR) is 122 cm³/mol. The lowest BCUT2D eigenvalue weighted by Gasteiger charge is -2.42. The van der Waals surface area contributed by atoms with Crippen molar-refractivity contribution in [2.75, 3.05) is 13.1 Å². The Morgan fingerprint density at radius 3 is 1.32 bits per heavy atom. The molecule has 0 aromatic rings. The maximum absolute atomic E-state index is 12.7. The first-order valence-corrected chi connectivity index (χ1v) is 16.3. The molecule has 0 unspecified atom stereocenters. The van der Waals surface area contributed by atoms with E-state index >= 15 is 0 Å². The largest absolute Gasteiger partial charge is 0.444 e. The standard InChI is InChI=1S/C21H45NO4Si2/c1-19(2,3)24-18(23)22-14-16(25-27(10,11)20(4,5)6)17(15-22)26-28(12,13)21(7,8)9/h16-17H,14-15H2,1-13H3/t16-,17-/m0/s1. The van der Waals surface area contributed by atoms with E-state index in [0.717, 1.165) is 0 Å². The summed E-state index contributed by atoms with van der Waals surface area (Å²) in [5.41, 5.74) is -0.509. The van der Waals surface area contributed by atoms with Crippen LogP contribution in [0.1, 0.15) is 62.3 Å². The van der Waals surface area contributed by atoms with Crippen molar-refractivity contribution in [3.63, 3.8) is 0 Å². The van der Waals surface area contributed by atoms with Gasteiger partial charge >= 0.3 is 6.09 Å². The molecule has 1 aliphatic heterocycles. The van der Waals surface area contributed by atoms with Crippen molar-refractivity contribution in [3.05, 3.63) is 0 Å². The Labute approximate surface area is 175 Å². The van der Waals surface area contributed by atoms with Crippen LogP contribution in [0.25, 0.3) is 0 Å². The zero-order valence-electron chi connectivity index (χ0n) is 20.6. The van der Waals surface area contributed by atoms with Gasteiger partial charge in [-0.05, 0) is 57.0 Å². The van der Waals surface area contributed by atoms with Gasteiger partial charge in [-0.3, -0.25) is 0 Å². The minimum absolute atomic E-state index is 0.105. The number of rotatable bonds is 4. The van der Waals surface area contributed by atoms with Gasteiger partial charge in [-0.1, -0.05) is 41.5 Å². The van der Waals surface area contributed by atoms with Crippen molar-refractivity contribution in [1.82, 2.24) is 4.90 Å². The van der Waals surface area contributed by atoms with Gasteiger partial charge in [-0.15, -0.1) is 0 Å². The average molecular weight is 432 g/mol. The highest BCUT2D eigenvalue weighted by atomic mass is 28.4. The van der Waals surface area contributed by atoms with E-state index in [-0.39, 0.29) is 28.4 Å². The van der Waals surface area contributed by atoms with E-state index in [1.54, 1.807) is 4.90 Å². The smallest absolute Gasteiger partial charge is 0.410 e. The van der Waals surface area contributed by atoms with Crippen molar-refractivity contribution in [3.8, 4) is 0 Å². The molecule has 2 atom stereocenters. The average Bonchev–Trinajstić information content (AvgIpc) is 2.76. The number of ether oxygens (including phenoxy) is 1. The highest BCUT2D eigenvalue weighted by molar-refractivity contribution is 6.74. The molecule has 0 aliphatic carbocycles. The molecule has 1 saturated heterocycles. The Morgan fingerprint density at radius 2 is 1.07 bits per heavy atom. The maximum atomic E-state index is 12.7. The fourth-order valence-electron chi connectivity index (χ4n) is 2.56. The topological polar surface area (TPSA) is 48.0 Å². The van der Waals surface area contributed by atoms with Gasteiger partial charge in [-0.25, -0.2) is 4.79 Å². The van der Waals surface area contributed by atoms with Crippen molar-refractivity contribution in [1.29, 1.82) is 0 Å². The molecule has 5 nitrogen and oxygen atoms in total.